The minimum absolute atomic E-state index is 0.155. The van der Waals surface area contributed by atoms with Crippen LogP contribution in [0.25, 0.3) is 0 Å². The maximum absolute atomic E-state index is 10.8. The smallest absolute Gasteiger partial charge is 0.408 e. The third-order valence-electron chi connectivity index (χ3n) is 1.61. The van der Waals surface area contributed by atoms with Crippen LogP contribution >= 0.6 is 22.6 Å². The van der Waals surface area contributed by atoms with Gasteiger partial charge in [0.1, 0.15) is 5.78 Å². The number of likely N-dealkylation sites (tertiary alicyclic amines) is 1. The van der Waals surface area contributed by atoms with Crippen LogP contribution in [-0.4, -0.2) is 32.5 Å². The van der Waals surface area contributed by atoms with E-state index < -0.39 is 6.09 Å². The highest BCUT2D eigenvalue weighted by Crippen LogP contribution is 2.19. The molecule has 5 heteroatoms. The third kappa shape index (κ3) is 2.05. The summed E-state index contributed by atoms with van der Waals surface area (Å²) in [6.45, 7) is 0.349. The van der Waals surface area contributed by atoms with Gasteiger partial charge in [0.05, 0.1) is 4.05 Å². The van der Waals surface area contributed by atoms with Gasteiger partial charge in [-0.3, -0.25) is 9.69 Å². The Morgan fingerprint density at radius 3 is 2.82 bits per heavy atom. The Bertz CT molecular complexity index is 194. The van der Waals surface area contributed by atoms with Gasteiger partial charge in [0, 0.05) is 19.4 Å². The molecule has 0 aromatic rings. The molecule has 1 aliphatic rings. The number of carboxylic acid groups (broad SMARTS) is 1. The van der Waals surface area contributed by atoms with Crippen molar-refractivity contribution >= 4 is 34.5 Å². The van der Waals surface area contributed by atoms with E-state index in [1.165, 1.54) is 4.90 Å². The number of nitrogens with zero attached hydrogens (tertiary/aromatic N) is 1. The van der Waals surface area contributed by atoms with Gasteiger partial charge in [0.2, 0.25) is 0 Å². The van der Waals surface area contributed by atoms with Crippen molar-refractivity contribution < 1.29 is 14.7 Å². The SMILES string of the molecule is O=C1CCN(C(=O)O)[C@@H](I)C1. The molecule has 1 aliphatic heterocycles. The molecule has 62 valence electrons. The number of Topliss-reactive ketones (excluding diaryl/α,β-unsaturated/α-hetero) is 1. The van der Waals surface area contributed by atoms with Crippen molar-refractivity contribution in [2.24, 2.45) is 0 Å². The van der Waals surface area contributed by atoms with E-state index in [-0.39, 0.29) is 9.83 Å². The fourth-order valence-corrected chi connectivity index (χ4v) is 2.01. The van der Waals surface area contributed by atoms with Gasteiger partial charge in [-0.1, -0.05) is 22.6 Å². The fourth-order valence-electron chi connectivity index (χ4n) is 1.00. The number of ketones is 1. The van der Waals surface area contributed by atoms with Gasteiger partial charge in [-0.2, -0.15) is 0 Å². The van der Waals surface area contributed by atoms with Gasteiger partial charge in [-0.25, -0.2) is 4.79 Å². The van der Waals surface area contributed by atoms with Gasteiger partial charge < -0.3 is 5.11 Å². The highest BCUT2D eigenvalue weighted by atomic mass is 127. The van der Waals surface area contributed by atoms with E-state index in [0.29, 0.717) is 19.4 Å². The molecule has 0 saturated carbocycles. The lowest BCUT2D eigenvalue weighted by Crippen LogP contribution is -2.42. The van der Waals surface area contributed by atoms with Gasteiger partial charge in [0.25, 0.3) is 0 Å². The second-order valence-corrected chi connectivity index (χ2v) is 3.84. The summed E-state index contributed by atoms with van der Waals surface area (Å²) in [5, 5.41) is 8.60. The predicted octanol–water partition coefficient (Wildman–Crippen LogP) is 1.09. The van der Waals surface area contributed by atoms with Crippen molar-refractivity contribution in [3.05, 3.63) is 0 Å². The lowest BCUT2D eigenvalue weighted by molar-refractivity contribution is -0.121. The summed E-state index contributed by atoms with van der Waals surface area (Å²) in [5.74, 6) is 0.155. The minimum atomic E-state index is -0.933. The van der Waals surface area contributed by atoms with Crippen LogP contribution in [0.3, 0.4) is 0 Å². The Kier molecular flexibility index (Phi) is 2.69. The molecule has 0 spiro atoms. The normalized spacial score (nSPS) is 25.4. The molecule has 1 atom stereocenters. The molecular formula is C6H8INO3. The summed E-state index contributed by atoms with van der Waals surface area (Å²) >= 11 is 1.97. The van der Waals surface area contributed by atoms with E-state index in [0.717, 1.165) is 0 Å². The van der Waals surface area contributed by atoms with Gasteiger partial charge in [-0.05, 0) is 0 Å². The van der Waals surface area contributed by atoms with Crippen LogP contribution in [-0.2, 0) is 4.79 Å². The van der Waals surface area contributed by atoms with Crippen LogP contribution in [0.5, 0.6) is 0 Å². The number of carbonyl (C=O) groups is 2. The first-order valence-electron chi connectivity index (χ1n) is 3.26. The molecule has 0 unspecified atom stereocenters. The molecule has 0 aromatic carbocycles. The van der Waals surface area contributed by atoms with Gasteiger partial charge in [-0.15, -0.1) is 0 Å². The standard InChI is InChI=1S/C6H8INO3/c7-5-3-4(9)1-2-8(5)6(10)11/h5H,1-3H2,(H,10,11)/t5-/m1/s1. The zero-order chi connectivity index (χ0) is 8.43. The molecule has 1 heterocycles. The Balaban J connectivity index is 2.57. The molecule has 1 rings (SSSR count). The zero-order valence-corrected chi connectivity index (χ0v) is 7.95. The maximum atomic E-state index is 10.8. The Morgan fingerprint density at radius 2 is 2.36 bits per heavy atom. The number of halogens is 1. The van der Waals surface area contributed by atoms with E-state index in [1.54, 1.807) is 0 Å². The average molecular weight is 269 g/mol. The molecule has 1 fully saturated rings. The van der Waals surface area contributed by atoms with Crippen LogP contribution in [0, 0.1) is 0 Å². The predicted molar refractivity (Wildman–Crippen MR) is 46.8 cm³/mol. The first kappa shape index (κ1) is 8.76. The maximum Gasteiger partial charge on any atom is 0.408 e. The minimum Gasteiger partial charge on any atom is -0.465 e. The second-order valence-electron chi connectivity index (χ2n) is 2.40. The summed E-state index contributed by atoms with van der Waals surface area (Å²) in [7, 11) is 0. The third-order valence-corrected chi connectivity index (χ3v) is 2.72. The number of amides is 1. The number of hydrogen-bond donors (Lipinski definition) is 1. The molecule has 1 saturated heterocycles. The highest BCUT2D eigenvalue weighted by Gasteiger charge is 2.27. The molecule has 0 aliphatic carbocycles. The van der Waals surface area contributed by atoms with Crippen LogP contribution in [0.1, 0.15) is 12.8 Å². The van der Waals surface area contributed by atoms with Crippen LogP contribution in [0.15, 0.2) is 0 Å². The summed E-state index contributed by atoms with van der Waals surface area (Å²) in [5.41, 5.74) is 0. The van der Waals surface area contributed by atoms with E-state index in [2.05, 4.69) is 0 Å². The van der Waals surface area contributed by atoms with E-state index in [1.807, 2.05) is 22.6 Å². The number of carbonyl (C=O) groups excluding carboxylic acids is 1. The lowest BCUT2D eigenvalue weighted by atomic mass is 10.1. The van der Waals surface area contributed by atoms with Crippen LogP contribution < -0.4 is 0 Å². The molecule has 0 bridgehead atoms. The highest BCUT2D eigenvalue weighted by molar-refractivity contribution is 14.1. The second kappa shape index (κ2) is 3.38. The van der Waals surface area contributed by atoms with E-state index >= 15 is 0 Å². The number of rotatable bonds is 0. The Hall–Kier alpha value is -0.330. The molecule has 1 N–H and O–H groups in total. The molecule has 0 radical (unpaired) electrons. The van der Waals surface area contributed by atoms with Crippen LogP contribution in [0.4, 0.5) is 4.79 Å². The fraction of sp³-hybridized carbons (Fsp3) is 0.667. The van der Waals surface area contributed by atoms with Crippen molar-refractivity contribution in [1.29, 1.82) is 0 Å². The number of alkyl halides is 1. The largest absolute Gasteiger partial charge is 0.465 e. The Morgan fingerprint density at radius 1 is 1.73 bits per heavy atom. The van der Waals surface area contributed by atoms with Gasteiger partial charge in [0.15, 0.2) is 0 Å². The molecule has 0 aromatic heterocycles. The summed E-state index contributed by atoms with van der Waals surface area (Å²) in [6, 6.07) is 0. The van der Waals surface area contributed by atoms with Crippen molar-refractivity contribution in [2.75, 3.05) is 6.54 Å². The van der Waals surface area contributed by atoms with Crippen molar-refractivity contribution in [3.8, 4) is 0 Å². The molecule has 1 amide bonds. The quantitative estimate of drug-likeness (QED) is 0.407. The monoisotopic (exact) mass is 269 g/mol. The van der Waals surface area contributed by atoms with Crippen LogP contribution in [0.2, 0.25) is 0 Å². The number of piperidine rings is 1. The van der Waals surface area contributed by atoms with E-state index in [4.69, 9.17) is 5.11 Å². The van der Waals surface area contributed by atoms with E-state index in [9.17, 15) is 9.59 Å². The molecule has 11 heavy (non-hydrogen) atoms. The Labute approximate surface area is 77.7 Å². The van der Waals surface area contributed by atoms with Crippen molar-refractivity contribution in [1.82, 2.24) is 4.90 Å². The number of hydrogen-bond acceptors (Lipinski definition) is 2. The summed E-state index contributed by atoms with van der Waals surface area (Å²) in [4.78, 5) is 22.6. The first-order chi connectivity index (χ1) is 5.11. The summed E-state index contributed by atoms with van der Waals surface area (Å²) in [6.07, 6.45) is -0.213. The zero-order valence-electron chi connectivity index (χ0n) is 5.79. The topological polar surface area (TPSA) is 57.6 Å². The molecule has 4 nitrogen and oxygen atoms in total. The first-order valence-corrected chi connectivity index (χ1v) is 4.51. The molecular weight excluding hydrogens is 261 g/mol. The summed E-state index contributed by atoms with van der Waals surface area (Å²) < 4.78 is -0.175. The average Bonchev–Trinajstić information content (AvgIpc) is 1.85. The van der Waals surface area contributed by atoms with Gasteiger partial charge >= 0.3 is 6.09 Å². The van der Waals surface area contributed by atoms with Crippen molar-refractivity contribution in [3.63, 3.8) is 0 Å². The van der Waals surface area contributed by atoms with Crippen molar-refractivity contribution in [2.45, 2.75) is 16.9 Å². The lowest BCUT2D eigenvalue weighted by Gasteiger charge is -2.28.